The van der Waals surface area contributed by atoms with Crippen molar-refractivity contribution in [2.45, 2.75) is 6.92 Å². The predicted molar refractivity (Wildman–Crippen MR) is 77.5 cm³/mol. The maximum atomic E-state index is 12.2. The molecule has 1 aromatic carbocycles. The topological polar surface area (TPSA) is 80.3 Å². The molecule has 0 unspecified atom stereocenters. The molecular weight excluding hydrogens is 270 g/mol. The van der Waals surface area contributed by atoms with Gasteiger partial charge in [0.1, 0.15) is 11.6 Å². The Kier molecular flexibility index (Phi) is 3.27. The third kappa shape index (κ3) is 2.69. The van der Waals surface area contributed by atoms with E-state index in [2.05, 4.69) is 15.6 Å². The van der Waals surface area contributed by atoms with E-state index in [9.17, 15) is 9.59 Å². The summed E-state index contributed by atoms with van der Waals surface area (Å²) in [5, 5.41) is 5.41. The van der Waals surface area contributed by atoms with E-state index in [-0.39, 0.29) is 18.4 Å². The summed E-state index contributed by atoms with van der Waals surface area (Å²) >= 11 is 0. The van der Waals surface area contributed by atoms with Crippen molar-refractivity contribution in [3.8, 4) is 5.75 Å². The fraction of sp³-hybridized carbons (Fsp3) is 0.133. The van der Waals surface area contributed by atoms with Crippen LogP contribution >= 0.6 is 0 Å². The van der Waals surface area contributed by atoms with Crippen LogP contribution in [0.15, 0.2) is 36.5 Å². The number of benzene rings is 1. The van der Waals surface area contributed by atoms with Crippen molar-refractivity contribution < 1.29 is 14.3 Å². The number of carbonyl (C=O) groups is 2. The van der Waals surface area contributed by atoms with Crippen molar-refractivity contribution in [1.82, 2.24) is 4.98 Å². The van der Waals surface area contributed by atoms with Crippen LogP contribution < -0.4 is 15.4 Å². The second-order valence-corrected chi connectivity index (χ2v) is 4.67. The summed E-state index contributed by atoms with van der Waals surface area (Å²) in [6.45, 7) is 1.86. The van der Waals surface area contributed by atoms with E-state index in [4.69, 9.17) is 4.74 Å². The summed E-state index contributed by atoms with van der Waals surface area (Å²) < 4.78 is 5.25. The Balaban J connectivity index is 1.84. The molecule has 106 valence electrons. The Bertz CT molecular complexity index is 728. The standard InChI is InChI=1S/C15H13N3O3/c1-9-3-2-6-16-14(9)18-15(20)10-4-5-12-11(7-10)17-13(19)8-21-12/h2-7H,8H2,1H3,(H,17,19)(H,16,18,20). The van der Waals surface area contributed by atoms with Gasteiger partial charge < -0.3 is 15.4 Å². The summed E-state index contributed by atoms with van der Waals surface area (Å²) in [6, 6.07) is 8.55. The number of hydrogen-bond donors (Lipinski definition) is 2. The Labute approximate surface area is 121 Å². The zero-order valence-corrected chi connectivity index (χ0v) is 11.3. The Hall–Kier alpha value is -2.89. The van der Waals surface area contributed by atoms with Crippen molar-refractivity contribution in [2.75, 3.05) is 17.2 Å². The second-order valence-electron chi connectivity index (χ2n) is 4.67. The summed E-state index contributed by atoms with van der Waals surface area (Å²) in [5.74, 6) is 0.542. The first-order valence-electron chi connectivity index (χ1n) is 6.43. The SMILES string of the molecule is Cc1cccnc1NC(=O)c1ccc2c(c1)NC(=O)CO2. The molecule has 0 saturated heterocycles. The van der Waals surface area contributed by atoms with Crippen LogP contribution in [-0.4, -0.2) is 23.4 Å². The van der Waals surface area contributed by atoms with Gasteiger partial charge in [0.15, 0.2) is 6.61 Å². The Morgan fingerprint density at radius 2 is 2.24 bits per heavy atom. The molecule has 21 heavy (non-hydrogen) atoms. The molecule has 0 atom stereocenters. The summed E-state index contributed by atoms with van der Waals surface area (Å²) in [7, 11) is 0. The summed E-state index contributed by atoms with van der Waals surface area (Å²) in [5.41, 5.74) is 1.79. The van der Waals surface area contributed by atoms with Gasteiger partial charge in [0.2, 0.25) is 0 Å². The lowest BCUT2D eigenvalue weighted by Gasteiger charge is -2.18. The number of amides is 2. The quantitative estimate of drug-likeness (QED) is 0.883. The molecule has 0 fully saturated rings. The van der Waals surface area contributed by atoms with Crippen molar-refractivity contribution in [3.05, 3.63) is 47.7 Å². The molecule has 6 heteroatoms. The number of rotatable bonds is 2. The van der Waals surface area contributed by atoms with Gasteiger partial charge in [-0.15, -0.1) is 0 Å². The van der Waals surface area contributed by atoms with E-state index in [1.54, 1.807) is 30.5 Å². The number of fused-ring (bicyclic) bond motifs is 1. The van der Waals surface area contributed by atoms with Gasteiger partial charge in [0.25, 0.3) is 11.8 Å². The van der Waals surface area contributed by atoms with Gasteiger partial charge in [-0.2, -0.15) is 0 Å². The van der Waals surface area contributed by atoms with Crippen LogP contribution in [-0.2, 0) is 4.79 Å². The molecule has 2 amide bonds. The van der Waals surface area contributed by atoms with Gasteiger partial charge in [-0.3, -0.25) is 9.59 Å². The summed E-state index contributed by atoms with van der Waals surface area (Å²) in [6.07, 6.45) is 1.61. The van der Waals surface area contributed by atoms with Crippen molar-refractivity contribution in [1.29, 1.82) is 0 Å². The molecule has 2 N–H and O–H groups in total. The molecule has 0 spiro atoms. The van der Waals surface area contributed by atoms with Gasteiger partial charge >= 0.3 is 0 Å². The molecule has 3 rings (SSSR count). The van der Waals surface area contributed by atoms with E-state index in [0.717, 1.165) is 5.56 Å². The number of ether oxygens (including phenoxy) is 1. The van der Waals surface area contributed by atoms with Crippen LogP contribution in [0, 0.1) is 6.92 Å². The average Bonchev–Trinajstić information content (AvgIpc) is 2.48. The minimum atomic E-state index is -0.292. The van der Waals surface area contributed by atoms with E-state index < -0.39 is 0 Å². The molecule has 2 aromatic rings. The molecule has 1 aromatic heterocycles. The van der Waals surface area contributed by atoms with E-state index in [1.807, 2.05) is 13.0 Å². The first-order chi connectivity index (χ1) is 10.1. The minimum Gasteiger partial charge on any atom is -0.482 e. The van der Waals surface area contributed by atoms with Crippen LogP contribution in [0.2, 0.25) is 0 Å². The normalized spacial score (nSPS) is 12.9. The number of aromatic nitrogens is 1. The fourth-order valence-corrected chi connectivity index (χ4v) is 2.02. The molecule has 0 aliphatic carbocycles. The maximum absolute atomic E-state index is 12.2. The van der Waals surface area contributed by atoms with Crippen LogP contribution in [0.25, 0.3) is 0 Å². The fourth-order valence-electron chi connectivity index (χ4n) is 2.02. The zero-order valence-electron chi connectivity index (χ0n) is 11.3. The number of nitrogens with zero attached hydrogens (tertiary/aromatic N) is 1. The van der Waals surface area contributed by atoms with Gasteiger partial charge in [-0.05, 0) is 36.8 Å². The molecular formula is C15H13N3O3. The monoisotopic (exact) mass is 283 g/mol. The molecule has 0 radical (unpaired) electrons. The highest BCUT2D eigenvalue weighted by Crippen LogP contribution is 2.28. The molecule has 1 aliphatic rings. The molecule has 6 nitrogen and oxygen atoms in total. The van der Waals surface area contributed by atoms with Gasteiger partial charge in [-0.1, -0.05) is 6.07 Å². The maximum Gasteiger partial charge on any atom is 0.262 e. The largest absolute Gasteiger partial charge is 0.482 e. The molecule has 0 saturated carbocycles. The van der Waals surface area contributed by atoms with Crippen molar-refractivity contribution in [3.63, 3.8) is 0 Å². The van der Waals surface area contributed by atoms with Gasteiger partial charge in [0, 0.05) is 11.8 Å². The van der Waals surface area contributed by atoms with Crippen LogP contribution in [0.5, 0.6) is 5.75 Å². The zero-order chi connectivity index (χ0) is 14.8. The van der Waals surface area contributed by atoms with E-state index >= 15 is 0 Å². The molecule has 0 bridgehead atoms. The Morgan fingerprint density at radius 3 is 3.05 bits per heavy atom. The lowest BCUT2D eigenvalue weighted by Crippen LogP contribution is -2.25. The lowest BCUT2D eigenvalue weighted by molar-refractivity contribution is -0.118. The first-order valence-corrected chi connectivity index (χ1v) is 6.43. The number of carbonyl (C=O) groups excluding carboxylic acids is 2. The van der Waals surface area contributed by atoms with E-state index in [0.29, 0.717) is 22.8 Å². The Morgan fingerprint density at radius 1 is 1.38 bits per heavy atom. The minimum absolute atomic E-state index is 0.00826. The number of aryl methyl sites for hydroxylation is 1. The molecule has 2 heterocycles. The predicted octanol–water partition coefficient (Wildman–Crippen LogP) is 1.97. The smallest absolute Gasteiger partial charge is 0.262 e. The highest BCUT2D eigenvalue weighted by atomic mass is 16.5. The number of pyridine rings is 1. The first kappa shape index (κ1) is 13.1. The van der Waals surface area contributed by atoms with Crippen LogP contribution in [0.4, 0.5) is 11.5 Å². The number of nitrogens with one attached hydrogen (secondary N) is 2. The van der Waals surface area contributed by atoms with Crippen LogP contribution in [0.1, 0.15) is 15.9 Å². The van der Waals surface area contributed by atoms with E-state index in [1.165, 1.54) is 0 Å². The highest BCUT2D eigenvalue weighted by molar-refractivity contribution is 6.06. The second kappa shape index (κ2) is 5.24. The van der Waals surface area contributed by atoms with Gasteiger partial charge in [0.05, 0.1) is 5.69 Å². The molecule has 1 aliphatic heterocycles. The average molecular weight is 283 g/mol. The van der Waals surface area contributed by atoms with Gasteiger partial charge in [-0.25, -0.2) is 4.98 Å². The lowest BCUT2D eigenvalue weighted by atomic mass is 10.1. The number of hydrogen-bond acceptors (Lipinski definition) is 4. The van der Waals surface area contributed by atoms with Crippen LogP contribution in [0.3, 0.4) is 0 Å². The third-order valence-corrected chi connectivity index (χ3v) is 3.12. The summed E-state index contributed by atoms with van der Waals surface area (Å²) in [4.78, 5) is 27.6. The number of anilines is 2. The van der Waals surface area contributed by atoms with Crippen molar-refractivity contribution >= 4 is 23.3 Å². The highest BCUT2D eigenvalue weighted by Gasteiger charge is 2.18. The van der Waals surface area contributed by atoms with Crippen molar-refractivity contribution in [2.24, 2.45) is 0 Å². The third-order valence-electron chi connectivity index (χ3n) is 3.12.